The summed E-state index contributed by atoms with van der Waals surface area (Å²) in [4.78, 5) is 26.5. The maximum atomic E-state index is 12.7. The topological polar surface area (TPSA) is 46.6 Å². The number of amides is 1. The van der Waals surface area contributed by atoms with Crippen molar-refractivity contribution in [3.63, 3.8) is 0 Å². The second-order valence-corrected chi connectivity index (χ2v) is 6.68. The van der Waals surface area contributed by atoms with E-state index < -0.39 is 0 Å². The van der Waals surface area contributed by atoms with Crippen LogP contribution in [0.2, 0.25) is 0 Å². The predicted molar refractivity (Wildman–Crippen MR) is 80.3 cm³/mol. The third-order valence-electron chi connectivity index (χ3n) is 4.05. The van der Waals surface area contributed by atoms with Gasteiger partial charge < -0.3 is 9.64 Å². The number of carbonyl (C=O) groups excluding carboxylic acids is 2. The second kappa shape index (κ2) is 5.88. The minimum atomic E-state index is -0.383. The monoisotopic (exact) mass is 289 g/mol. The van der Waals surface area contributed by atoms with Crippen LogP contribution in [-0.4, -0.2) is 30.4 Å². The molecule has 1 amide bonds. The molecule has 1 aromatic rings. The third-order valence-corrected chi connectivity index (χ3v) is 4.05. The zero-order chi connectivity index (χ0) is 15.6. The molecular formula is C17H23NO3. The summed E-state index contributed by atoms with van der Waals surface area (Å²) in [6, 6.07) is 9.84. The van der Waals surface area contributed by atoms with Crippen molar-refractivity contribution in [2.45, 2.75) is 27.3 Å². The van der Waals surface area contributed by atoms with Gasteiger partial charge in [0.15, 0.2) is 0 Å². The molecule has 0 spiro atoms. The van der Waals surface area contributed by atoms with Crippen molar-refractivity contribution in [2.75, 3.05) is 13.7 Å². The average molecular weight is 289 g/mol. The maximum absolute atomic E-state index is 12.7. The zero-order valence-corrected chi connectivity index (χ0v) is 13.1. The van der Waals surface area contributed by atoms with Crippen molar-refractivity contribution in [3.05, 3.63) is 35.9 Å². The van der Waals surface area contributed by atoms with Gasteiger partial charge in [0.2, 0.25) is 5.91 Å². The van der Waals surface area contributed by atoms with Crippen LogP contribution >= 0.6 is 0 Å². The van der Waals surface area contributed by atoms with Crippen LogP contribution in [0.15, 0.2) is 30.3 Å². The van der Waals surface area contributed by atoms with Gasteiger partial charge in [-0.15, -0.1) is 0 Å². The lowest BCUT2D eigenvalue weighted by Gasteiger charge is -2.28. The number of carbonyl (C=O) groups is 2. The SMILES string of the molecule is COC(=O)[C@@H]1CN(Cc2ccccc2)C(=O)[C@H]1C(C)(C)C. The molecule has 114 valence electrons. The minimum Gasteiger partial charge on any atom is -0.469 e. The Labute approximate surface area is 126 Å². The number of ether oxygens (including phenoxy) is 1. The molecule has 0 saturated carbocycles. The van der Waals surface area contributed by atoms with E-state index in [9.17, 15) is 9.59 Å². The zero-order valence-electron chi connectivity index (χ0n) is 13.1. The predicted octanol–water partition coefficient (Wildman–Crippen LogP) is 2.48. The molecule has 21 heavy (non-hydrogen) atoms. The lowest BCUT2D eigenvalue weighted by atomic mass is 9.74. The molecule has 0 bridgehead atoms. The first-order valence-corrected chi connectivity index (χ1v) is 7.25. The fraction of sp³-hybridized carbons (Fsp3) is 0.529. The molecular weight excluding hydrogens is 266 g/mol. The van der Waals surface area contributed by atoms with E-state index in [1.807, 2.05) is 51.1 Å². The van der Waals surface area contributed by atoms with E-state index in [0.717, 1.165) is 5.56 Å². The third kappa shape index (κ3) is 3.26. The van der Waals surface area contributed by atoms with Gasteiger partial charge in [-0.25, -0.2) is 0 Å². The van der Waals surface area contributed by atoms with Crippen LogP contribution in [0.5, 0.6) is 0 Å². The summed E-state index contributed by atoms with van der Waals surface area (Å²) in [6.07, 6.45) is 0. The van der Waals surface area contributed by atoms with Crippen LogP contribution in [0.4, 0.5) is 0 Å². The van der Waals surface area contributed by atoms with Gasteiger partial charge in [-0.05, 0) is 11.0 Å². The number of nitrogens with zero attached hydrogens (tertiary/aromatic N) is 1. The van der Waals surface area contributed by atoms with Crippen molar-refractivity contribution >= 4 is 11.9 Å². The Morgan fingerprint density at radius 1 is 1.29 bits per heavy atom. The average Bonchev–Trinajstić information content (AvgIpc) is 2.76. The van der Waals surface area contributed by atoms with Crippen LogP contribution in [0.25, 0.3) is 0 Å². The van der Waals surface area contributed by atoms with Crippen LogP contribution in [0, 0.1) is 17.3 Å². The summed E-state index contributed by atoms with van der Waals surface area (Å²) < 4.78 is 4.89. The van der Waals surface area contributed by atoms with E-state index >= 15 is 0 Å². The molecule has 1 saturated heterocycles. The van der Waals surface area contributed by atoms with Crippen LogP contribution in [0.3, 0.4) is 0 Å². The Morgan fingerprint density at radius 2 is 1.90 bits per heavy atom. The van der Waals surface area contributed by atoms with E-state index in [1.54, 1.807) is 4.90 Å². The van der Waals surface area contributed by atoms with Gasteiger partial charge in [-0.2, -0.15) is 0 Å². The van der Waals surface area contributed by atoms with Gasteiger partial charge in [-0.1, -0.05) is 51.1 Å². The molecule has 2 rings (SSSR count). The Balaban J connectivity index is 2.22. The van der Waals surface area contributed by atoms with Crippen LogP contribution < -0.4 is 0 Å². The number of esters is 1. The van der Waals surface area contributed by atoms with E-state index in [0.29, 0.717) is 13.1 Å². The smallest absolute Gasteiger partial charge is 0.311 e. The van der Waals surface area contributed by atoms with Crippen LogP contribution in [-0.2, 0) is 20.9 Å². The Kier molecular flexibility index (Phi) is 4.35. The van der Waals surface area contributed by atoms with Crippen molar-refractivity contribution in [1.82, 2.24) is 4.90 Å². The fourth-order valence-corrected chi connectivity index (χ4v) is 3.08. The van der Waals surface area contributed by atoms with Crippen molar-refractivity contribution in [2.24, 2.45) is 17.3 Å². The summed E-state index contributed by atoms with van der Waals surface area (Å²) in [5.74, 6) is -0.958. The molecule has 1 heterocycles. The second-order valence-electron chi connectivity index (χ2n) is 6.68. The molecule has 0 aliphatic carbocycles. The number of likely N-dealkylation sites (tertiary alicyclic amines) is 1. The molecule has 1 aliphatic heterocycles. The van der Waals surface area contributed by atoms with Crippen molar-refractivity contribution in [3.8, 4) is 0 Å². The molecule has 2 atom stereocenters. The van der Waals surface area contributed by atoms with Gasteiger partial charge in [0, 0.05) is 13.1 Å². The lowest BCUT2D eigenvalue weighted by Crippen LogP contribution is -2.35. The molecule has 0 radical (unpaired) electrons. The first-order chi connectivity index (χ1) is 9.84. The van der Waals surface area contributed by atoms with Gasteiger partial charge in [0.05, 0.1) is 18.9 Å². The molecule has 4 heteroatoms. The summed E-state index contributed by atoms with van der Waals surface area (Å²) in [6.45, 7) is 6.97. The molecule has 1 aromatic carbocycles. The Hall–Kier alpha value is -1.84. The number of benzene rings is 1. The van der Waals surface area contributed by atoms with Gasteiger partial charge in [-0.3, -0.25) is 9.59 Å². The Morgan fingerprint density at radius 3 is 2.43 bits per heavy atom. The molecule has 0 aromatic heterocycles. The van der Waals surface area contributed by atoms with Crippen molar-refractivity contribution in [1.29, 1.82) is 0 Å². The normalized spacial score (nSPS) is 22.5. The Bertz CT molecular complexity index is 519. The maximum Gasteiger partial charge on any atom is 0.311 e. The van der Waals surface area contributed by atoms with E-state index in [1.165, 1.54) is 7.11 Å². The summed E-state index contributed by atoms with van der Waals surface area (Å²) in [5, 5.41) is 0. The highest BCUT2D eigenvalue weighted by Crippen LogP contribution is 2.39. The first-order valence-electron chi connectivity index (χ1n) is 7.25. The van der Waals surface area contributed by atoms with Crippen molar-refractivity contribution < 1.29 is 14.3 Å². The molecule has 0 N–H and O–H groups in total. The summed E-state index contributed by atoms with van der Waals surface area (Å²) in [5.41, 5.74) is 0.811. The van der Waals surface area contributed by atoms with Gasteiger partial charge in [0.25, 0.3) is 0 Å². The largest absolute Gasteiger partial charge is 0.469 e. The summed E-state index contributed by atoms with van der Waals surface area (Å²) >= 11 is 0. The quantitative estimate of drug-likeness (QED) is 0.803. The summed E-state index contributed by atoms with van der Waals surface area (Å²) in [7, 11) is 1.38. The molecule has 1 aliphatic rings. The standard InChI is InChI=1S/C17H23NO3/c1-17(2,3)14-13(16(20)21-4)11-18(15(14)19)10-12-8-6-5-7-9-12/h5-9,13-14H,10-11H2,1-4H3/t13-,14+/m1/s1. The van der Waals surface area contributed by atoms with Gasteiger partial charge in [0.1, 0.15) is 0 Å². The molecule has 4 nitrogen and oxygen atoms in total. The van der Waals surface area contributed by atoms with E-state index in [4.69, 9.17) is 4.74 Å². The molecule has 1 fully saturated rings. The van der Waals surface area contributed by atoms with Crippen LogP contribution in [0.1, 0.15) is 26.3 Å². The first kappa shape index (κ1) is 15.5. The highest BCUT2D eigenvalue weighted by Gasteiger charge is 2.50. The number of methoxy groups -OCH3 is 1. The minimum absolute atomic E-state index is 0.0433. The number of hydrogen-bond donors (Lipinski definition) is 0. The number of rotatable bonds is 3. The number of hydrogen-bond acceptors (Lipinski definition) is 3. The van der Waals surface area contributed by atoms with E-state index in [2.05, 4.69) is 0 Å². The van der Waals surface area contributed by atoms with E-state index in [-0.39, 0.29) is 29.1 Å². The van der Waals surface area contributed by atoms with Gasteiger partial charge >= 0.3 is 5.97 Å². The molecule has 0 unspecified atom stereocenters. The fourth-order valence-electron chi connectivity index (χ4n) is 3.08. The lowest BCUT2D eigenvalue weighted by molar-refractivity contribution is -0.149. The highest BCUT2D eigenvalue weighted by atomic mass is 16.5. The highest BCUT2D eigenvalue weighted by molar-refractivity contribution is 5.89.